The van der Waals surface area contributed by atoms with Gasteiger partial charge in [0.2, 0.25) is 5.91 Å². The maximum Gasteiger partial charge on any atom is 0.236 e. The number of carbonyl (C=O) groups excluding carboxylic acids is 1. The van der Waals surface area contributed by atoms with E-state index in [-0.39, 0.29) is 0 Å². The van der Waals surface area contributed by atoms with Crippen LogP contribution in [-0.2, 0) is 4.79 Å². The summed E-state index contributed by atoms with van der Waals surface area (Å²) >= 11 is 0. The molecule has 2 fully saturated rings. The van der Waals surface area contributed by atoms with Crippen molar-refractivity contribution in [3.63, 3.8) is 0 Å². The van der Waals surface area contributed by atoms with E-state index in [1.165, 1.54) is 38.5 Å². The van der Waals surface area contributed by atoms with Crippen molar-refractivity contribution in [2.75, 3.05) is 40.3 Å². The summed E-state index contributed by atoms with van der Waals surface area (Å²) in [6.45, 7) is 3.39. The molecule has 0 bridgehead atoms. The molecule has 1 N–H and O–H groups in total. The first kappa shape index (κ1) is 14.8. The van der Waals surface area contributed by atoms with Gasteiger partial charge >= 0.3 is 0 Å². The molecule has 2 saturated carbocycles. The number of amides is 1. The van der Waals surface area contributed by atoms with Gasteiger partial charge in [0, 0.05) is 19.1 Å². The third kappa shape index (κ3) is 5.11. The smallest absolute Gasteiger partial charge is 0.236 e. The van der Waals surface area contributed by atoms with Gasteiger partial charge in [-0.25, -0.2) is 0 Å². The summed E-state index contributed by atoms with van der Waals surface area (Å²) < 4.78 is 0. The first-order valence-corrected chi connectivity index (χ1v) is 7.81. The van der Waals surface area contributed by atoms with Crippen molar-refractivity contribution >= 4 is 5.91 Å². The minimum absolute atomic E-state index is 0.300. The molecule has 0 aromatic carbocycles. The second-order valence-corrected chi connectivity index (χ2v) is 6.40. The van der Waals surface area contributed by atoms with Gasteiger partial charge in [-0.15, -0.1) is 0 Å². The molecule has 110 valence electrons. The lowest BCUT2D eigenvalue weighted by molar-refractivity contribution is -0.132. The Morgan fingerprint density at radius 1 is 1.11 bits per heavy atom. The molecule has 2 aliphatic rings. The average molecular weight is 267 g/mol. The first-order valence-electron chi connectivity index (χ1n) is 7.81. The average Bonchev–Trinajstić information content (AvgIpc) is 3.03. The maximum atomic E-state index is 12.4. The number of nitrogens with zero attached hydrogens (tertiary/aromatic N) is 2. The Kier molecular flexibility index (Phi) is 5.64. The van der Waals surface area contributed by atoms with Gasteiger partial charge in [0.15, 0.2) is 0 Å². The van der Waals surface area contributed by atoms with Crippen LogP contribution in [0.25, 0.3) is 0 Å². The van der Waals surface area contributed by atoms with Crippen LogP contribution in [0.15, 0.2) is 0 Å². The Labute approximate surface area is 117 Å². The van der Waals surface area contributed by atoms with Gasteiger partial charge in [0.05, 0.1) is 6.54 Å². The summed E-state index contributed by atoms with van der Waals surface area (Å²) in [5.41, 5.74) is 0. The predicted octanol–water partition coefficient (Wildman–Crippen LogP) is 1.32. The van der Waals surface area contributed by atoms with Crippen LogP contribution < -0.4 is 5.32 Å². The topological polar surface area (TPSA) is 35.6 Å². The van der Waals surface area contributed by atoms with Crippen molar-refractivity contribution in [2.45, 2.75) is 44.6 Å². The fraction of sp³-hybridized carbons (Fsp3) is 0.933. The van der Waals surface area contributed by atoms with Crippen LogP contribution in [0.5, 0.6) is 0 Å². The molecule has 2 aliphatic carbocycles. The number of nitrogens with one attached hydrogen (secondary N) is 1. The zero-order valence-corrected chi connectivity index (χ0v) is 12.5. The highest BCUT2D eigenvalue weighted by atomic mass is 16.2. The molecule has 0 spiro atoms. The van der Waals surface area contributed by atoms with Crippen molar-refractivity contribution in [1.82, 2.24) is 15.1 Å². The number of hydrogen-bond donors (Lipinski definition) is 1. The Morgan fingerprint density at radius 3 is 2.37 bits per heavy atom. The molecular formula is C15H29N3O. The zero-order chi connectivity index (χ0) is 13.7. The molecule has 0 unspecified atom stereocenters. The van der Waals surface area contributed by atoms with Crippen molar-refractivity contribution in [2.24, 2.45) is 5.92 Å². The lowest BCUT2D eigenvalue weighted by atomic mass is 10.2. The van der Waals surface area contributed by atoms with E-state index in [2.05, 4.69) is 29.2 Å². The second-order valence-electron chi connectivity index (χ2n) is 6.40. The Bertz CT molecular complexity index is 283. The predicted molar refractivity (Wildman–Crippen MR) is 78.1 cm³/mol. The van der Waals surface area contributed by atoms with E-state index < -0.39 is 0 Å². The van der Waals surface area contributed by atoms with E-state index >= 15 is 0 Å². The summed E-state index contributed by atoms with van der Waals surface area (Å²) in [4.78, 5) is 16.7. The summed E-state index contributed by atoms with van der Waals surface area (Å²) in [5, 5.41) is 3.33. The minimum Gasteiger partial charge on any atom is -0.337 e. The van der Waals surface area contributed by atoms with Gasteiger partial charge in [0.1, 0.15) is 0 Å². The molecule has 2 rings (SSSR count). The molecule has 0 saturated heterocycles. The normalized spacial score (nSPS) is 20.2. The quantitative estimate of drug-likeness (QED) is 0.720. The Hall–Kier alpha value is -0.610. The fourth-order valence-corrected chi connectivity index (χ4v) is 2.84. The second kappa shape index (κ2) is 7.25. The van der Waals surface area contributed by atoms with Gasteiger partial charge in [-0.05, 0) is 52.2 Å². The maximum absolute atomic E-state index is 12.4. The summed E-state index contributed by atoms with van der Waals surface area (Å²) in [6, 6.07) is 0.496. The highest BCUT2D eigenvalue weighted by Crippen LogP contribution is 2.27. The van der Waals surface area contributed by atoms with E-state index in [0.717, 1.165) is 25.6 Å². The molecule has 0 atom stereocenters. The molecule has 0 aromatic rings. The van der Waals surface area contributed by atoms with Crippen LogP contribution in [-0.4, -0.2) is 62.0 Å². The highest BCUT2D eigenvalue weighted by molar-refractivity contribution is 5.78. The van der Waals surface area contributed by atoms with Crippen LogP contribution >= 0.6 is 0 Å². The van der Waals surface area contributed by atoms with Crippen molar-refractivity contribution in [3.05, 3.63) is 0 Å². The van der Waals surface area contributed by atoms with Crippen LogP contribution in [0.3, 0.4) is 0 Å². The third-order valence-corrected chi connectivity index (χ3v) is 4.28. The molecule has 0 aliphatic heterocycles. The van der Waals surface area contributed by atoms with Gasteiger partial charge in [-0.2, -0.15) is 0 Å². The molecule has 1 amide bonds. The SMILES string of the molecule is CN(C)CCN(C(=O)CNCC1CC1)C1CCCC1. The summed E-state index contributed by atoms with van der Waals surface area (Å²) in [5.74, 6) is 1.14. The zero-order valence-electron chi connectivity index (χ0n) is 12.5. The van der Waals surface area contributed by atoms with E-state index in [4.69, 9.17) is 0 Å². The van der Waals surface area contributed by atoms with E-state index in [1.807, 2.05) is 0 Å². The molecule has 4 nitrogen and oxygen atoms in total. The van der Waals surface area contributed by atoms with Crippen LogP contribution in [0, 0.1) is 5.92 Å². The van der Waals surface area contributed by atoms with Gasteiger partial charge in [0.25, 0.3) is 0 Å². The number of likely N-dealkylation sites (N-methyl/N-ethyl adjacent to an activating group) is 1. The van der Waals surface area contributed by atoms with Crippen molar-refractivity contribution in [3.8, 4) is 0 Å². The number of hydrogen-bond acceptors (Lipinski definition) is 3. The monoisotopic (exact) mass is 267 g/mol. The van der Waals surface area contributed by atoms with Crippen LogP contribution in [0.2, 0.25) is 0 Å². The van der Waals surface area contributed by atoms with E-state index in [1.54, 1.807) is 0 Å². The highest BCUT2D eigenvalue weighted by Gasteiger charge is 2.27. The summed E-state index contributed by atoms with van der Waals surface area (Å²) in [6.07, 6.45) is 7.64. The van der Waals surface area contributed by atoms with Gasteiger partial charge in [-0.3, -0.25) is 4.79 Å². The molecular weight excluding hydrogens is 238 g/mol. The molecule has 0 radical (unpaired) electrons. The number of carbonyl (C=O) groups is 1. The fourth-order valence-electron chi connectivity index (χ4n) is 2.84. The Morgan fingerprint density at radius 2 is 1.79 bits per heavy atom. The number of rotatable bonds is 8. The minimum atomic E-state index is 0.300. The lowest BCUT2D eigenvalue weighted by Crippen LogP contribution is -2.46. The van der Waals surface area contributed by atoms with Crippen molar-refractivity contribution < 1.29 is 4.79 Å². The lowest BCUT2D eigenvalue weighted by Gasteiger charge is -2.30. The molecule has 19 heavy (non-hydrogen) atoms. The first-order chi connectivity index (χ1) is 9.16. The van der Waals surface area contributed by atoms with Crippen LogP contribution in [0.1, 0.15) is 38.5 Å². The molecule has 0 aromatic heterocycles. The van der Waals surface area contributed by atoms with Crippen molar-refractivity contribution in [1.29, 1.82) is 0 Å². The summed E-state index contributed by atoms with van der Waals surface area (Å²) in [7, 11) is 4.14. The standard InChI is InChI=1S/C15H29N3O/c1-17(2)9-10-18(14-5-3-4-6-14)15(19)12-16-11-13-7-8-13/h13-14,16H,3-12H2,1-2H3. The Balaban J connectivity index is 1.77. The van der Waals surface area contributed by atoms with E-state index in [9.17, 15) is 4.79 Å². The van der Waals surface area contributed by atoms with E-state index in [0.29, 0.717) is 18.5 Å². The van der Waals surface area contributed by atoms with Gasteiger partial charge in [-0.1, -0.05) is 12.8 Å². The van der Waals surface area contributed by atoms with Gasteiger partial charge < -0.3 is 15.1 Å². The van der Waals surface area contributed by atoms with Crippen LogP contribution in [0.4, 0.5) is 0 Å². The third-order valence-electron chi connectivity index (χ3n) is 4.28. The molecule has 0 heterocycles. The largest absolute Gasteiger partial charge is 0.337 e. The molecule has 4 heteroatoms.